The van der Waals surface area contributed by atoms with Crippen molar-refractivity contribution in [1.29, 1.82) is 5.26 Å². The fraction of sp³-hybridized carbons (Fsp3) is 0.353. The summed E-state index contributed by atoms with van der Waals surface area (Å²) in [6.45, 7) is 3.91. The number of aromatic nitrogens is 1. The predicted octanol–water partition coefficient (Wildman–Crippen LogP) is 3.42. The van der Waals surface area contributed by atoms with Gasteiger partial charge < -0.3 is 9.47 Å². The molecule has 0 aliphatic heterocycles. The fourth-order valence-corrected chi connectivity index (χ4v) is 3.00. The Morgan fingerprint density at radius 2 is 2.09 bits per heavy atom. The lowest BCUT2D eigenvalue weighted by Gasteiger charge is -2.12. The van der Waals surface area contributed by atoms with Crippen molar-refractivity contribution >= 4 is 17.1 Å². The molecule has 2 unspecified atom stereocenters. The number of ketones is 1. The van der Waals surface area contributed by atoms with E-state index in [0.29, 0.717) is 11.6 Å². The summed E-state index contributed by atoms with van der Waals surface area (Å²) < 4.78 is 10.4. The molecule has 5 nitrogen and oxygen atoms in total. The zero-order valence-electron chi connectivity index (χ0n) is 13.3. The second-order valence-corrected chi connectivity index (χ2v) is 5.75. The first-order valence-electron chi connectivity index (χ1n) is 7.25. The maximum Gasteiger partial charge on any atom is 0.185 e. The van der Waals surface area contributed by atoms with Gasteiger partial charge in [0.05, 0.1) is 18.9 Å². The first-order chi connectivity index (χ1) is 11.1. The normalized spacial score (nSPS) is 13.1. The van der Waals surface area contributed by atoms with Crippen LogP contribution in [0.3, 0.4) is 0 Å². The van der Waals surface area contributed by atoms with Gasteiger partial charge in [0.25, 0.3) is 0 Å². The van der Waals surface area contributed by atoms with E-state index >= 15 is 0 Å². The van der Waals surface area contributed by atoms with E-state index in [4.69, 9.17) is 9.47 Å². The van der Waals surface area contributed by atoms with Crippen molar-refractivity contribution in [1.82, 2.24) is 4.98 Å². The topological polar surface area (TPSA) is 72.2 Å². The average Bonchev–Trinajstić information content (AvgIpc) is 3.05. The first kappa shape index (κ1) is 17.1. The number of benzene rings is 1. The predicted molar refractivity (Wildman–Crippen MR) is 88.6 cm³/mol. The highest BCUT2D eigenvalue weighted by molar-refractivity contribution is 7.10. The van der Waals surface area contributed by atoms with E-state index in [1.54, 1.807) is 14.0 Å². The molecular weight excluding hydrogens is 312 g/mol. The van der Waals surface area contributed by atoms with E-state index < -0.39 is 12.0 Å². The lowest BCUT2D eigenvalue weighted by molar-refractivity contribution is -0.129. The molecule has 1 aromatic carbocycles. The third-order valence-corrected chi connectivity index (χ3v) is 4.30. The van der Waals surface area contributed by atoms with E-state index in [-0.39, 0.29) is 5.78 Å². The molecule has 2 rings (SSSR count). The van der Waals surface area contributed by atoms with Crippen molar-refractivity contribution < 1.29 is 14.3 Å². The molecule has 0 aliphatic rings. The van der Waals surface area contributed by atoms with Crippen LogP contribution in [0.5, 0.6) is 5.75 Å². The van der Waals surface area contributed by atoms with Crippen molar-refractivity contribution in [2.75, 3.05) is 13.7 Å². The zero-order valence-corrected chi connectivity index (χ0v) is 14.1. The SMILES string of the molecule is CCOC(C)C(=O)C(C#N)c1nc(-c2ccc(OC)cc2)cs1. The lowest BCUT2D eigenvalue weighted by atomic mass is 10.0. The summed E-state index contributed by atoms with van der Waals surface area (Å²) in [7, 11) is 1.61. The maximum absolute atomic E-state index is 12.3. The molecule has 23 heavy (non-hydrogen) atoms. The van der Waals surface area contributed by atoms with Crippen LogP contribution in [0.25, 0.3) is 11.3 Å². The van der Waals surface area contributed by atoms with Gasteiger partial charge in [0, 0.05) is 17.6 Å². The number of carbonyl (C=O) groups is 1. The number of hydrogen-bond donors (Lipinski definition) is 0. The number of thiazole rings is 1. The number of hydrogen-bond acceptors (Lipinski definition) is 6. The molecule has 0 radical (unpaired) electrons. The van der Waals surface area contributed by atoms with Gasteiger partial charge in [0.1, 0.15) is 16.9 Å². The minimum atomic E-state index is -0.895. The molecule has 2 aromatic rings. The third-order valence-electron chi connectivity index (χ3n) is 3.39. The Morgan fingerprint density at radius 1 is 1.39 bits per heavy atom. The van der Waals surface area contributed by atoms with E-state index in [2.05, 4.69) is 4.98 Å². The molecule has 0 amide bonds. The fourth-order valence-electron chi connectivity index (χ4n) is 2.12. The van der Waals surface area contributed by atoms with Gasteiger partial charge in [-0.1, -0.05) is 0 Å². The Balaban J connectivity index is 2.22. The van der Waals surface area contributed by atoms with Crippen molar-refractivity contribution in [3.63, 3.8) is 0 Å². The van der Waals surface area contributed by atoms with Crippen LogP contribution >= 0.6 is 11.3 Å². The number of nitrogens with zero attached hydrogens (tertiary/aromatic N) is 2. The van der Waals surface area contributed by atoms with Crippen LogP contribution in [-0.2, 0) is 9.53 Å². The van der Waals surface area contributed by atoms with Gasteiger partial charge in [0.2, 0.25) is 0 Å². The summed E-state index contributed by atoms with van der Waals surface area (Å²) in [4.78, 5) is 16.7. The van der Waals surface area contributed by atoms with Crippen molar-refractivity contribution in [2.24, 2.45) is 0 Å². The number of nitriles is 1. The van der Waals surface area contributed by atoms with Gasteiger partial charge in [0.15, 0.2) is 11.7 Å². The maximum atomic E-state index is 12.3. The Morgan fingerprint density at radius 3 is 2.65 bits per heavy atom. The van der Waals surface area contributed by atoms with Crippen LogP contribution in [0.1, 0.15) is 24.8 Å². The molecule has 0 fully saturated rings. The second-order valence-electron chi connectivity index (χ2n) is 4.86. The second kappa shape index (κ2) is 7.86. The van der Waals surface area contributed by atoms with Crippen molar-refractivity contribution in [3.05, 3.63) is 34.7 Å². The van der Waals surface area contributed by atoms with Crippen LogP contribution < -0.4 is 4.74 Å². The Labute approximate surface area is 139 Å². The summed E-state index contributed by atoms with van der Waals surface area (Å²) in [5.74, 6) is -0.390. The van der Waals surface area contributed by atoms with Crippen LogP contribution in [0.4, 0.5) is 0 Å². The van der Waals surface area contributed by atoms with Gasteiger partial charge in [-0.25, -0.2) is 4.98 Å². The zero-order chi connectivity index (χ0) is 16.8. The number of rotatable bonds is 7. The van der Waals surface area contributed by atoms with Gasteiger partial charge >= 0.3 is 0 Å². The van der Waals surface area contributed by atoms with E-state index in [9.17, 15) is 10.1 Å². The van der Waals surface area contributed by atoms with Gasteiger partial charge in [-0.2, -0.15) is 5.26 Å². The van der Waals surface area contributed by atoms with Crippen LogP contribution in [0, 0.1) is 11.3 Å². The smallest absolute Gasteiger partial charge is 0.185 e. The monoisotopic (exact) mass is 330 g/mol. The molecule has 0 saturated heterocycles. The first-order valence-corrected chi connectivity index (χ1v) is 8.13. The number of methoxy groups -OCH3 is 1. The summed E-state index contributed by atoms with van der Waals surface area (Å²) >= 11 is 1.31. The highest BCUT2D eigenvalue weighted by Gasteiger charge is 2.28. The molecule has 0 aliphatic carbocycles. The molecule has 120 valence electrons. The highest BCUT2D eigenvalue weighted by Crippen LogP contribution is 2.28. The number of ether oxygens (including phenoxy) is 2. The molecule has 6 heteroatoms. The van der Waals surface area contributed by atoms with Crippen LogP contribution in [0.2, 0.25) is 0 Å². The number of Topliss-reactive ketones (excluding diaryl/α,β-unsaturated/α-hetero) is 1. The molecule has 0 saturated carbocycles. The molecular formula is C17H18N2O3S. The third kappa shape index (κ3) is 3.95. The minimum absolute atomic E-state index is 0.259. The van der Waals surface area contributed by atoms with Gasteiger partial charge in [-0.05, 0) is 38.1 Å². The molecule has 2 atom stereocenters. The van der Waals surface area contributed by atoms with Crippen molar-refractivity contribution in [2.45, 2.75) is 25.9 Å². The summed E-state index contributed by atoms with van der Waals surface area (Å²) in [6, 6.07) is 9.52. The average molecular weight is 330 g/mol. The van der Waals surface area contributed by atoms with Crippen LogP contribution in [0.15, 0.2) is 29.6 Å². The van der Waals surface area contributed by atoms with Gasteiger partial charge in [-0.15, -0.1) is 11.3 Å². The largest absolute Gasteiger partial charge is 0.497 e. The summed E-state index contributed by atoms with van der Waals surface area (Å²) in [5.41, 5.74) is 1.65. The Kier molecular flexibility index (Phi) is 5.85. The van der Waals surface area contributed by atoms with Crippen LogP contribution in [-0.4, -0.2) is 30.6 Å². The molecule has 0 spiro atoms. The van der Waals surface area contributed by atoms with Crippen molar-refractivity contribution in [3.8, 4) is 23.1 Å². The van der Waals surface area contributed by atoms with E-state index in [1.807, 2.05) is 42.6 Å². The standard InChI is InChI=1S/C17H18N2O3S/c1-4-22-11(2)16(20)14(9-18)17-19-15(10-23-17)12-5-7-13(21-3)8-6-12/h5-8,10-11,14H,4H2,1-3H3. The van der Waals surface area contributed by atoms with E-state index in [0.717, 1.165) is 17.0 Å². The van der Waals surface area contributed by atoms with E-state index in [1.165, 1.54) is 11.3 Å². The summed E-state index contributed by atoms with van der Waals surface area (Å²) in [5, 5.41) is 11.7. The lowest BCUT2D eigenvalue weighted by Crippen LogP contribution is -2.26. The highest BCUT2D eigenvalue weighted by atomic mass is 32.1. The quantitative estimate of drug-likeness (QED) is 0.778. The Hall–Kier alpha value is -2.23. The summed E-state index contributed by atoms with van der Waals surface area (Å²) in [6.07, 6.45) is -0.613. The molecule has 0 N–H and O–H groups in total. The minimum Gasteiger partial charge on any atom is -0.497 e. The molecule has 1 heterocycles. The number of carbonyl (C=O) groups excluding carboxylic acids is 1. The molecule has 1 aromatic heterocycles. The van der Waals surface area contributed by atoms with Gasteiger partial charge in [-0.3, -0.25) is 4.79 Å². The Bertz CT molecular complexity index is 703. The molecule has 0 bridgehead atoms.